The molecule has 0 aromatic heterocycles. The molecule has 4 fully saturated rings. The Morgan fingerprint density at radius 2 is 1.64 bits per heavy atom. The van der Waals surface area contributed by atoms with Crippen molar-refractivity contribution in [1.29, 1.82) is 0 Å². The van der Waals surface area contributed by atoms with Gasteiger partial charge >= 0.3 is 17.9 Å². The highest BCUT2D eigenvalue weighted by molar-refractivity contribution is 5.80. The third-order valence-electron chi connectivity index (χ3n) is 9.76. The Bertz CT molecular complexity index is 796. The molecule has 0 aromatic rings. The number of carbonyl (C=O) groups is 3. The van der Waals surface area contributed by atoms with Gasteiger partial charge in [0.15, 0.2) is 0 Å². The summed E-state index contributed by atoms with van der Waals surface area (Å²) in [7, 11) is 0. The van der Waals surface area contributed by atoms with Gasteiger partial charge in [-0.15, -0.1) is 0 Å². The number of carbonyl (C=O) groups excluding carboxylic acids is 3. The van der Waals surface area contributed by atoms with E-state index in [4.69, 9.17) is 14.2 Å². The Balaban J connectivity index is 1.66. The summed E-state index contributed by atoms with van der Waals surface area (Å²) >= 11 is 0. The van der Waals surface area contributed by atoms with Crippen molar-refractivity contribution >= 4 is 17.9 Å². The highest BCUT2D eigenvalue weighted by Gasteiger charge is 2.70. The van der Waals surface area contributed by atoms with Crippen LogP contribution in [-0.4, -0.2) is 47.9 Å². The quantitative estimate of drug-likeness (QED) is 0.488. The summed E-state index contributed by atoms with van der Waals surface area (Å²) in [5.74, 6) is -0.242. The van der Waals surface area contributed by atoms with Crippen molar-refractivity contribution < 1.29 is 33.7 Å². The van der Waals surface area contributed by atoms with Crippen LogP contribution in [0.25, 0.3) is 0 Å². The molecule has 186 valence electrons. The van der Waals surface area contributed by atoms with Gasteiger partial charge in [-0.2, -0.15) is 0 Å². The molecule has 4 aliphatic rings. The lowest BCUT2D eigenvalue weighted by Gasteiger charge is -2.63. The second kappa shape index (κ2) is 8.86. The largest absolute Gasteiger partial charge is 0.466 e. The van der Waals surface area contributed by atoms with Crippen LogP contribution in [0.15, 0.2) is 0 Å². The van der Waals surface area contributed by atoms with E-state index in [1.165, 1.54) is 6.92 Å². The number of ether oxygens (including phenoxy) is 3. The molecule has 0 spiro atoms. The molecule has 7 heteroatoms. The molecule has 0 aliphatic heterocycles. The summed E-state index contributed by atoms with van der Waals surface area (Å²) in [6.45, 7) is 7.93. The van der Waals surface area contributed by atoms with Crippen molar-refractivity contribution in [3.8, 4) is 0 Å². The van der Waals surface area contributed by atoms with Gasteiger partial charge in [0.25, 0.3) is 0 Å². The fourth-order valence-electron chi connectivity index (χ4n) is 8.51. The maximum Gasteiger partial charge on any atom is 0.315 e. The summed E-state index contributed by atoms with van der Waals surface area (Å²) in [6, 6.07) is 0. The summed E-state index contributed by atoms with van der Waals surface area (Å²) in [5.41, 5.74) is -2.36. The van der Waals surface area contributed by atoms with Crippen molar-refractivity contribution in [3.05, 3.63) is 0 Å². The lowest BCUT2D eigenvalue weighted by Crippen LogP contribution is -2.67. The molecule has 4 saturated carbocycles. The number of rotatable bonds is 5. The van der Waals surface area contributed by atoms with E-state index in [0.29, 0.717) is 31.8 Å². The minimum absolute atomic E-state index is 0.00704. The van der Waals surface area contributed by atoms with Gasteiger partial charge in [0, 0.05) is 13.3 Å². The Labute approximate surface area is 196 Å². The SMILES string of the molecule is CCOC(=O)[C@@H]1CC[C@@H]2[C@@H]3CC[C@]4(O)C[C@H](OC(C)=O)CC[C@]4(C(=O)OCC)[C@@H]3CC[C@]21C. The lowest BCUT2D eigenvalue weighted by molar-refractivity contribution is -0.240. The monoisotopic (exact) mass is 464 g/mol. The zero-order valence-corrected chi connectivity index (χ0v) is 20.6. The highest BCUT2D eigenvalue weighted by Crippen LogP contribution is 2.69. The van der Waals surface area contributed by atoms with Crippen LogP contribution < -0.4 is 0 Å². The van der Waals surface area contributed by atoms with E-state index in [1.54, 1.807) is 6.92 Å². The first-order chi connectivity index (χ1) is 15.6. The van der Waals surface area contributed by atoms with Gasteiger partial charge in [-0.25, -0.2) is 0 Å². The average molecular weight is 465 g/mol. The van der Waals surface area contributed by atoms with Crippen LogP contribution in [0.5, 0.6) is 0 Å². The first-order valence-electron chi connectivity index (χ1n) is 12.9. The fourth-order valence-corrected chi connectivity index (χ4v) is 8.51. The van der Waals surface area contributed by atoms with Crippen LogP contribution in [0.3, 0.4) is 0 Å². The molecular weight excluding hydrogens is 424 g/mol. The minimum Gasteiger partial charge on any atom is -0.466 e. The predicted molar refractivity (Wildman–Crippen MR) is 120 cm³/mol. The van der Waals surface area contributed by atoms with Crippen molar-refractivity contribution in [2.75, 3.05) is 13.2 Å². The third-order valence-corrected chi connectivity index (χ3v) is 9.76. The van der Waals surface area contributed by atoms with E-state index in [1.807, 2.05) is 6.92 Å². The predicted octanol–water partition coefficient (Wildman–Crippen LogP) is 3.80. The maximum atomic E-state index is 13.6. The van der Waals surface area contributed by atoms with Crippen molar-refractivity contribution in [2.45, 2.75) is 97.2 Å². The van der Waals surface area contributed by atoms with Gasteiger partial charge in [-0.3, -0.25) is 14.4 Å². The molecule has 0 radical (unpaired) electrons. The standard InChI is InChI=1S/C26H40O7/c1-5-31-22(28)21-8-7-19-18-10-13-25(30)15-17(33-16(3)27)9-14-26(25,23(29)32-6-2)20(18)11-12-24(19,21)4/h17-21,30H,5-15H2,1-4H3/t17-,18+,19-,20-,21+,24-,25+,26-/m1/s1. The van der Waals surface area contributed by atoms with Gasteiger partial charge in [-0.1, -0.05) is 6.92 Å². The summed E-state index contributed by atoms with van der Waals surface area (Å²) in [5, 5.41) is 12.0. The van der Waals surface area contributed by atoms with E-state index in [9.17, 15) is 19.5 Å². The molecule has 0 aromatic carbocycles. The molecule has 33 heavy (non-hydrogen) atoms. The van der Waals surface area contributed by atoms with E-state index in [0.717, 1.165) is 32.1 Å². The topological polar surface area (TPSA) is 99.1 Å². The van der Waals surface area contributed by atoms with Gasteiger partial charge in [0.1, 0.15) is 6.10 Å². The number of aliphatic hydroxyl groups is 1. The second-order valence-corrected chi connectivity index (χ2v) is 11.0. The van der Waals surface area contributed by atoms with E-state index in [-0.39, 0.29) is 60.2 Å². The summed E-state index contributed by atoms with van der Waals surface area (Å²) < 4.78 is 16.5. The van der Waals surface area contributed by atoms with Crippen LogP contribution in [0.4, 0.5) is 0 Å². The normalized spacial score (nSPS) is 44.1. The highest BCUT2D eigenvalue weighted by atomic mass is 16.5. The van der Waals surface area contributed by atoms with E-state index in [2.05, 4.69) is 6.92 Å². The molecular formula is C26H40O7. The number of fused-ring (bicyclic) bond motifs is 5. The van der Waals surface area contributed by atoms with Crippen LogP contribution in [0.2, 0.25) is 0 Å². The Morgan fingerprint density at radius 1 is 0.909 bits per heavy atom. The zero-order chi connectivity index (χ0) is 24.0. The molecule has 0 heterocycles. The average Bonchev–Trinajstić information content (AvgIpc) is 3.10. The number of esters is 3. The van der Waals surface area contributed by atoms with E-state index < -0.39 is 11.0 Å². The van der Waals surface area contributed by atoms with Gasteiger partial charge < -0.3 is 19.3 Å². The molecule has 4 rings (SSSR count). The molecule has 0 unspecified atom stereocenters. The summed E-state index contributed by atoms with van der Waals surface area (Å²) in [4.78, 5) is 37.9. The van der Waals surface area contributed by atoms with Crippen molar-refractivity contribution in [3.63, 3.8) is 0 Å². The first kappa shape index (κ1) is 24.5. The van der Waals surface area contributed by atoms with Crippen LogP contribution in [0.1, 0.15) is 85.5 Å². The van der Waals surface area contributed by atoms with Crippen molar-refractivity contribution in [2.24, 2.45) is 34.5 Å². The first-order valence-corrected chi connectivity index (χ1v) is 12.9. The fraction of sp³-hybridized carbons (Fsp3) is 0.885. The molecule has 1 N–H and O–H groups in total. The Kier molecular flexibility index (Phi) is 6.58. The van der Waals surface area contributed by atoms with Gasteiger partial charge in [-0.05, 0) is 88.4 Å². The minimum atomic E-state index is -1.24. The molecule has 7 nitrogen and oxygen atoms in total. The molecule has 0 amide bonds. The number of hydrogen-bond donors (Lipinski definition) is 1. The van der Waals surface area contributed by atoms with Gasteiger partial charge in [0.05, 0.1) is 30.1 Å². The molecule has 8 atom stereocenters. The number of hydrogen-bond acceptors (Lipinski definition) is 7. The van der Waals surface area contributed by atoms with E-state index >= 15 is 0 Å². The Hall–Kier alpha value is -1.63. The van der Waals surface area contributed by atoms with Gasteiger partial charge in [0.2, 0.25) is 0 Å². The summed E-state index contributed by atoms with van der Waals surface area (Å²) in [6.07, 6.45) is 5.63. The second-order valence-electron chi connectivity index (χ2n) is 11.0. The molecule has 0 bridgehead atoms. The van der Waals surface area contributed by atoms with Crippen LogP contribution in [0, 0.1) is 34.5 Å². The smallest absolute Gasteiger partial charge is 0.315 e. The molecule has 0 saturated heterocycles. The van der Waals surface area contributed by atoms with Crippen molar-refractivity contribution in [1.82, 2.24) is 0 Å². The van der Waals surface area contributed by atoms with Crippen LogP contribution >= 0.6 is 0 Å². The molecule has 4 aliphatic carbocycles. The zero-order valence-electron chi connectivity index (χ0n) is 20.6. The Morgan fingerprint density at radius 3 is 2.30 bits per heavy atom. The maximum absolute atomic E-state index is 13.6. The third kappa shape index (κ3) is 3.69. The lowest BCUT2D eigenvalue weighted by atomic mass is 9.42. The van der Waals surface area contributed by atoms with Crippen LogP contribution in [-0.2, 0) is 28.6 Å².